The van der Waals surface area contributed by atoms with Crippen molar-refractivity contribution in [1.29, 1.82) is 0 Å². The molecule has 0 saturated carbocycles. The number of morpholine rings is 1. The minimum Gasteiger partial charge on any atom is -0.366 e. The molecule has 0 N–H and O–H groups in total. The molecule has 0 aliphatic carbocycles. The molecule has 144 valence electrons. The van der Waals surface area contributed by atoms with Crippen molar-refractivity contribution in [2.75, 3.05) is 19.7 Å². The first-order valence-electron chi connectivity index (χ1n) is 8.40. The summed E-state index contributed by atoms with van der Waals surface area (Å²) in [7, 11) is -1.95. The third-order valence-electron chi connectivity index (χ3n) is 4.51. The lowest BCUT2D eigenvalue weighted by Crippen LogP contribution is -2.42. The second-order valence-electron chi connectivity index (χ2n) is 6.25. The fourth-order valence-electron chi connectivity index (χ4n) is 2.90. The molecule has 1 fully saturated rings. The molecule has 0 amide bonds. The maximum Gasteiger partial charge on any atom is 0.257 e. The van der Waals surface area contributed by atoms with Gasteiger partial charge in [-0.2, -0.15) is 14.4 Å². The Bertz CT molecular complexity index is 1030. The Morgan fingerprint density at radius 2 is 2.26 bits per heavy atom. The zero-order chi connectivity index (χ0) is 19.0. The van der Waals surface area contributed by atoms with Gasteiger partial charge >= 0.3 is 0 Å². The molecule has 1 aliphatic heterocycles. The number of sulfonamides is 1. The summed E-state index contributed by atoms with van der Waals surface area (Å²) < 4.78 is 39.9. The van der Waals surface area contributed by atoms with Gasteiger partial charge in [-0.3, -0.25) is 4.68 Å². The van der Waals surface area contributed by atoms with Crippen LogP contribution in [0.1, 0.15) is 28.4 Å². The van der Waals surface area contributed by atoms with Crippen molar-refractivity contribution in [2.45, 2.75) is 24.3 Å². The quantitative estimate of drug-likeness (QED) is 0.629. The molecule has 3 aromatic heterocycles. The second kappa shape index (κ2) is 7.15. The molecular formula is C16H19N5O4S2. The van der Waals surface area contributed by atoms with E-state index >= 15 is 0 Å². The van der Waals surface area contributed by atoms with Crippen LogP contribution < -0.4 is 0 Å². The molecule has 9 nitrogen and oxygen atoms in total. The van der Waals surface area contributed by atoms with Gasteiger partial charge in [0.15, 0.2) is 11.9 Å². The summed E-state index contributed by atoms with van der Waals surface area (Å²) in [6, 6.07) is 3.97. The van der Waals surface area contributed by atoms with E-state index in [1.54, 1.807) is 30.0 Å². The summed E-state index contributed by atoms with van der Waals surface area (Å²) in [5.41, 5.74) is 0.592. The first kappa shape index (κ1) is 18.3. The standard InChI is InChI=1S/C16H19N5O4S2/c1-11-14(9-17-20(11)2)27(22,23)21-5-6-24-13(10-21)16-18-15(19-25-16)8-12-4-3-7-26-12/h3-4,7,9,13H,5-6,8,10H2,1-2H3/t13-/m1/s1. The van der Waals surface area contributed by atoms with Crippen molar-refractivity contribution in [3.8, 4) is 0 Å². The highest BCUT2D eigenvalue weighted by Gasteiger charge is 2.35. The lowest BCUT2D eigenvalue weighted by molar-refractivity contribution is -0.0199. The van der Waals surface area contributed by atoms with E-state index in [4.69, 9.17) is 9.26 Å². The highest BCUT2D eigenvalue weighted by Crippen LogP contribution is 2.27. The van der Waals surface area contributed by atoms with E-state index in [9.17, 15) is 8.42 Å². The molecule has 4 heterocycles. The van der Waals surface area contributed by atoms with Gasteiger partial charge in [0.2, 0.25) is 10.0 Å². The van der Waals surface area contributed by atoms with E-state index in [-0.39, 0.29) is 24.6 Å². The monoisotopic (exact) mass is 409 g/mol. The van der Waals surface area contributed by atoms with Crippen molar-refractivity contribution >= 4 is 21.4 Å². The summed E-state index contributed by atoms with van der Waals surface area (Å²) in [5, 5.41) is 10.0. The van der Waals surface area contributed by atoms with Gasteiger partial charge in [-0.1, -0.05) is 11.2 Å². The van der Waals surface area contributed by atoms with E-state index in [0.29, 0.717) is 23.8 Å². The molecular weight excluding hydrogens is 390 g/mol. The van der Waals surface area contributed by atoms with Crippen molar-refractivity contribution in [1.82, 2.24) is 24.2 Å². The molecule has 0 unspecified atom stereocenters. The van der Waals surface area contributed by atoms with Crippen LogP contribution in [0.15, 0.2) is 33.1 Å². The van der Waals surface area contributed by atoms with E-state index in [2.05, 4.69) is 15.2 Å². The Morgan fingerprint density at radius 3 is 2.96 bits per heavy atom. The highest BCUT2D eigenvalue weighted by molar-refractivity contribution is 7.89. The fraction of sp³-hybridized carbons (Fsp3) is 0.438. The summed E-state index contributed by atoms with van der Waals surface area (Å²) in [6.07, 6.45) is 1.36. The Labute approximate surface area is 160 Å². The third-order valence-corrected chi connectivity index (χ3v) is 7.35. The summed E-state index contributed by atoms with van der Waals surface area (Å²) in [4.78, 5) is 5.72. The van der Waals surface area contributed by atoms with Crippen LogP contribution in [0.3, 0.4) is 0 Å². The molecule has 11 heteroatoms. The fourth-order valence-corrected chi connectivity index (χ4v) is 5.22. The number of rotatable bonds is 5. The number of ether oxygens (including phenoxy) is 1. The molecule has 0 radical (unpaired) electrons. The molecule has 3 aromatic rings. The zero-order valence-electron chi connectivity index (χ0n) is 14.9. The maximum atomic E-state index is 13.0. The van der Waals surface area contributed by atoms with Gasteiger partial charge in [-0.25, -0.2) is 8.42 Å². The van der Waals surface area contributed by atoms with Crippen LogP contribution >= 0.6 is 11.3 Å². The second-order valence-corrected chi connectivity index (χ2v) is 9.18. The number of thiophene rings is 1. The van der Waals surface area contributed by atoms with Crippen molar-refractivity contribution < 1.29 is 17.7 Å². The van der Waals surface area contributed by atoms with Crippen LogP contribution in [0.4, 0.5) is 0 Å². The van der Waals surface area contributed by atoms with E-state index in [0.717, 1.165) is 4.88 Å². The predicted molar refractivity (Wildman–Crippen MR) is 96.8 cm³/mol. The molecule has 0 aromatic carbocycles. The van der Waals surface area contributed by atoms with E-state index < -0.39 is 16.1 Å². The Morgan fingerprint density at radius 1 is 1.41 bits per heavy atom. The van der Waals surface area contributed by atoms with Gasteiger partial charge < -0.3 is 9.26 Å². The van der Waals surface area contributed by atoms with Crippen molar-refractivity contribution in [2.24, 2.45) is 7.05 Å². The van der Waals surface area contributed by atoms with Crippen LogP contribution in [0, 0.1) is 6.92 Å². The summed E-state index contributed by atoms with van der Waals surface area (Å²) in [5.74, 6) is 0.850. The molecule has 4 rings (SSSR count). The van der Waals surface area contributed by atoms with Crippen LogP contribution in [-0.2, 0) is 28.2 Å². The molecule has 1 saturated heterocycles. The van der Waals surface area contributed by atoms with Gasteiger partial charge in [0.25, 0.3) is 5.89 Å². The number of hydrogen-bond acceptors (Lipinski definition) is 8. The van der Waals surface area contributed by atoms with Crippen LogP contribution in [0.5, 0.6) is 0 Å². The predicted octanol–water partition coefficient (Wildman–Crippen LogP) is 1.53. The van der Waals surface area contributed by atoms with Gasteiger partial charge in [-0.05, 0) is 18.4 Å². The highest BCUT2D eigenvalue weighted by atomic mass is 32.2. The minimum absolute atomic E-state index is 0.122. The smallest absolute Gasteiger partial charge is 0.257 e. The topological polar surface area (TPSA) is 103 Å². The van der Waals surface area contributed by atoms with Crippen LogP contribution in [-0.4, -0.2) is 52.3 Å². The van der Waals surface area contributed by atoms with Gasteiger partial charge in [0.05, 0.1) is 18.5 Å². The zero-order valence-corrected chi connectivity index (χ0v) is 16.5. The van der Waals surface area contributed by atoms with Crippen LogP contribution in [0.25, 0.3) is 0 Å². The van der Waals surface area contributed by atoms with Gasteiger partial charge in [-0.15, -0.1) is 11.3 Å². The van der Waals surface area contributed by atoms with Gasteiger partial charge in [0, 0.05) is 31.4 Å². The number of aryl methyl sites for hydroxylation is 1. The lowest BCUT2D eigenvalue weighted by Gasteiger charge is -2.30. The molecule has 1 aliphatic rings. The third kappa shape index (κ3) is 3.55. The average molecular weight is 409 g/mol. The van der Waals surface area contributed by atoms with E-state index in [1.807, 2.05) is 17.5 Å². The van der Waals surface area contributed by atoms with Gasteiger partial charge in [0.1, 0.15) is 4.90 Å². The lowest BCUT2D eigenvalue weighted by atomic mass is 10.3. The molecule has 1 atom stereocenters. The SMILES string of the molecule is Cc1c(S(=O)(=O)N2CCO[C@@H](c3nc(Cc4cccs4)no3)C2)cnn1C. The first-order chi connectivity index (χ1) is 12.9. The average Bonchev–Trinajstić information content (AvgIpc) is 3.39. The Kier molecular flexibility index (Phi) is 4.84. The maximum absolute atomic E-state index is 13.0. The normalized spacial score (nSPS) is 18.8. The minimum atomic E-state index is -3.67. The Balaban J connectivity index is 1.51. The number of hydrogen-bond donors (Lipinski definition) is 0. The summed E-state index contributed by atoms with van der Waals surface area (Å²) in [6.45, 7) is 2.37. The van der Waals surface area contributed by atoms with E-state index in [1.165, 1.54) is 10.5 Å². The largest absolute Gasteiger partial charge is 0.366 e. The van der Waals surface area contributed by atoms with Crippen molar-refractivity contribution in [3.05, 3.63) is 46.0 Å². The first-order valence-corrected chi connectivity index (χ1v) is 10.7. The molecule has 0 bridgehead atoms. The number of aromatic nitrogens is 4. The Hall–Kier alpha value is -2.08. The molecule has 27 heavy (non-hydrogen) atoms. The van der Waals surface area contributed by atoms with Crippen molar-refractivity contribution in [3.63, 3.8) is 0 Å². The van der Waals surface area contributed by atoms with Crippen LogP contribution in [0.2, 0.25) is 0 Å². The number of nitrogens with zero attached hydrogens (tertiary/aromatic N) is 5. The molecule has 0 spiro atoms. The summed E-state index contributed by atoms with van der Waals surface area (Å²) >= 11 is 1.62.